The summed E-state index contributed by atoms with van der Waals surface area (Å²) in [5, 5.41) is 1.28. The Hall–Kier alpha value is -2.03. The van der Waals surface area contributed by atoms with Crippen molar-refractivity contribution in [2.24, 2.45) is 5.41 Å². The number of benzene rings is 1. The summed E-state index contributed by atoms with van der Waals surface area (Å²) in [6.45, 7) is 9.59. The maximum Gasteiger partial charge on any atom is 0.228 e. The van der Waals surface area contributed by atoms with Gasteiger partial charge >= 0.3 is 0 Å². The molecule has 1 aliphatic heterocycles. The summed E-state index contributed by atoms with van der Waals surface area (Å²) in [6, 6.07) is 6.40. The minimum absolute atomic E-state index is 0.234. The van der Waals surface area contributed by atoms with Crippen LogP contribution in [0.2, 0.25) is 0 Å². The predicted molar refractivity (Wildman–Crippen MR) is 91.7 cm³/mol. The first-order valence-electron chi connectivity index (χ1n) is 7.93. The molecule has 3 rings (SSSR count). The van der Waals surface area contributed by atoms with Gasteiger partial charge in [-0.05, 0) is 24.5 Å². The van der Waals surface area contributed by atoms with Gasteiger partial charge in [-0.15, -0.1) is 0 Å². The summed E-state index contributed by atoms with van der Waals surface area (Å²) >= 11 is 0. The number of amides is 1. The number of rotatable bonds is 1. The zero-order valence-corrected chi connectivity index (χ0v) is 13.9. The van der Waals surface area contributed by atoms with Gasteiger partial charge in [0, 0.05) is 41.2 Å². The largest absolute Gasteiger partial charge is 0.360 e. The molecule has 1 amide bonds. The summed E-state index contributed by atoms with van der Waals surface area (Å²) in [6.07, 6.45) is 5.23. The molecule has 0 saturated carbocycles. The summed E-state index contributed by atoms with van der Waals surface area (Å²) in [5.74, 6) is 0.234. The van der Waals surface area contributed by atoms with E-state index in [1.807, 2.05) is 25.7 Å². The van der Waals surface area contributed by atoms with Crippen LogP contribution in [0.4, 0.5) is 0 Å². The van der Waals surface area contributed by atoms with E-state index in [-0.39, 0.29) is 11.3 Å². The second kappa shape index (κ2) is 5.31. The van der Waals surface area contributed by atoms with Crippen molar-refractivity contribution in [1.29, 1.82) is 0 Å². The van der Waals surface area contributed by atoms with Crippen LogP contribution in [0.25, 0.3) is 16.5 Å². The first-order valence-corrected chi connectivity index (χ1v) is 7.93. The standard InChI is InChI=1S/C19H24N2O/c1-13-6-5-7-15-16(12-20-17(13)15)14-8-10-21(11-9-14)18(22)19(2,3)4/h5-8,12,20H,9-11H2,1-4H3. The quantitative estimate of drug-likeness (QED) is 0.843. The molecule has 1 N–H and O–H groups in total. The molecule has 22 heavy (non-hydrogen) atoms. The smallest absolute Gasteiger partial charge is 0.228 e. The van der Waals surface area contributed by atoms with Crippen LogP contribution in [0.3, 0.4) is 0 Å². The third-order valence-electron chi connectivity index (χ3n) is 4.41. The first-order chi connectivity index (χ1) is 10.4. The number of carbonyl (C=O) groups excluding carboxylic acids is 1. The zero-order valence-electron chi connectivity index (χ0n) is 13.9. The van der Waals surface area contributed by atoms with Gasteiger partial charge in [0.05, 0.1) is 0 Å². The number of hydrogen-bond acceptors (Lipinski definition) is 1. The molecule has 0 radical (unpaired) electrons. The highest BCUT2D eigenvalue weighted by Crippen LogP contribution is 2.31. The number of aromatic amines is 1. The number of carbonyl (C=O) groups is 1. The van der Waals surface area contributed by atoms with Crippen molar-refractivity contribution in [3.63, 3.8) is 0 Å². The average Bonchev–Trinajstić information content (AvgIpc) is 2.91. The van der Waals surface area contributed by atoms with Crippen molar-refractivity contribution in [1.82, 2.24) is 9.88 Å². The van der Waals surface area contributed by atoms with Crippen molar-refractivity contribution < 1.29 is 4.79 Å². The fourth-order valence-corrected chi connectivity index (χ4v) is 3.14. The maximum absolute atomic E-state index is 12.4. The Morgan fingerprint density at radius 1 is 1.27 bits per heavy atom. The van der Waals surface area contributed by atoms with Crippen LogP contribution in [0.5, 0.6) is 0 Å². The van der Waals surface area contributed by atoms with E-state index in [4.69, 9.17) is 0 Å². The van der Waals surface area contributed by atoms with Crippen molar-refractivity contribution in [2.75, 3.05) is 13.1 Å². The van der Waals surface area contributed by atoms with E-state index < -0.39 is 0 Å². The number of fused-ring (bicyclic) bond motifs is 1. The highest BCUT2D eigenvalue weighted by molar-refractivity contribution is 5.94. The summed E-state index contributed by atoms with van der Waals surface area (Å²) in [5.41, 5.74) is 4.80. The SMILES string of the molecule is Cc1cccc2c(C3=CCN(C(=O)C(C)(C)C)CC3)c[nH]c12. The fourth-order valence-electron chi connectivity index (χ4n) is 3.14. The molecule has 1 aliphatic rings. The van der Waals surface area contributed by atoms with Crippen LogP contribution in [-0.4, -0.2) is 28.9 Å². The predicted octanol–water partition coefficient (Wildman–Crippen LogP) is 4.14. The molecule has 0 saturated heterocycles. The number of aromatic nitrogens is 1. The Labute approximate surface area is 132 Å². The van der Waals surface area contributed by atoms with E-state index in [1.54, 1.807) is 0 Å². The highest BCUT2D eigenvalue weighted by Gasteiger charge is 2.28. The maximum atomic E-state index is 12.4. The molecule has 0 atom stereocenters. The van der Waals surface area contributed by atoms with Gasteiger partial charge < -0.3 is 9.88 Å². The van der Waals surface area contributed by atoms with Gasteiger partial charge in [-0.1, -0.05) is 45.0 Å². The molecule has 2 heterocycles. The molecule has 0 bridgehead atoms. The fraction of sp³-hybridized carbons (Fsp3) is 0.421. The summed E-state index contributed by atoms with van der Waals surface area (Å²) in [4.78, 5) is 17.7. The topological polar surface area (TPSA) is 36.1 Å². The lowest BCUT2D eigenvalue weighted by Crippen LogP contribution is -2.41. The van der Waals surface area contributed by atoms with Gasteiger partial charge in [-0.3, -0.25) is 4.79 Å². The van der Waals surface area contributed by atoms with Crippen LogP contribution in [0.1, 0.15) is 38.3 Å². The molecule has 1 aromatic carbocycles. The number of nitrogens with zero attached hydrogens (tertiary/aromatic N) is 1. The van der Waals surface area contributed by atoms with E-state index >= 15 is 0 Å². The molecule has 3 heteroatoms. The van der Waals surface area contributed by atoms with Crippen LogP contribution < -0.4 is 0 Å². The second-order valence-corrected chi connectivity index (χ2v) is 7.18. The van der Waals surface area contributed by atoms with E-state index in [9.17, 15) is 4.79 Å². The van der Waals surface area contributed by atoms with Gasteiger partial charge in [0.15, 0.2) is 0 Å². The second-order valence-electron chi connectivity index (χ2n) is 7.18. The average molecular weight is 296 g/mol. The molecule has 1 aromatic heterocycles. The number of aryl methyl sites for hydroxylation is 1. The van der Waals surface area contributed by atoms with Crippen LogP contribution in [0, 0.1) is 12.3 Å². The van der Waals surface area contributed by atoms with E-state index in [2.05, 4.69) is 42.4 Å². The lowest BCUT2D eigenvalue weighted by atomic mass is 9.92. The summed E-state index contributed by atoms with van der Waals surface area (Å²) < 4.78 is 0. The third kappa shape index (κ3) is 2.56. The van der Waals surface area contributed by atoms with Crippen molar-refractivity contribution >= 4 is 22.4 Å². The van der Waals surface area contributed by atoms with Gasteiger partial charge in [0.1, 0.15) is 0 Å². The molecule has 2 aromatic rings. The number of nitrogens with one attached hydrogen (secondary N) is 1. The Morgan fingerprint density at radius 2 is 2.05 bits per heavy atom. The molecule has 3 nitrogen and oxygen atoms in total. The van der Waals surface area contributed by atoms with Gasteiger partial charge in [-0.25, -0.2) is 0 Å². The molecular weight excluding hydrogens is 272 g/mol. The minimum Gasteiger partial charge on any atom is -0.360 e. The lowest BCUT2D eigenvalue weighted by Gasteiger charge is -2.32. The van der Waals surface area contributed by atoms with E-state index in [0.717, 1.165) is 13.0 Å². The molecule has 116 valence electrons. The highest BCUT2D eigenvalue weighted by atomic mass is 16.2. The normalized spacial score (nSPS) is 16.0. The van der Waals surface area contributed by atoms with Crippen LogP contribution >= 0.6 is 0 Å². The molecule has 0 unspecified atom stereocenters. The van der Waals surface area contributed by atoms with Crippen molar-refractivity contribution in [3.05, 3.63) is 41.6 Å². The Kier molecular flexibility index (Phi) is 3.59. The van der Waals surface area contributed by atoms with Crippen molar-refractivity contribution in [2.45, 2.75) is 34.1 Å². The first kappa shape index (κ1) is 14.9. The Bertz CT molecular complexity index is 746. The van der Waals surface area contributed by atoms with Gasteiger partial charge in [0.25, 0.3) is 0 Å². The van der Waals surface area contributed by atoms with E-state index in [1.165, 1.54) is 27.6 Å². The number of hydrogen-bond donors (Lipinski definition) is 1. The monoisotopic (exact) mass is 296 g/mol. The van der Waals surface area contributed by atoms with Crippen LogP contribution in [-0.2, 0) is 4.79 Å². The molecular formula is C19H24N2O. The number of H-pyrrole nitrogens is 1. The van der Waals surface area contributed by atoms with E-state index in [0.29, 0.717) is 6.54 Å². The van der Waals surface area contributed by atoms with Gasteiger partial charge in [-0.2, -0.15) is 0 Å². The van der Waals surface area contributed by atoms with Crippen molar-refractivity contribution in [3.8, 4) is 0 Å². The Balaban J connectivity index is 1.87. The lowest BCUT2D eigenvalue weighted by molar-refractivity contribution is -0.138. The van der Waals surface area contributed by atoms with Crippen LogP contribution in [0.15, 0.2) is 30.5 Å². The molecule has 0 aliphatic carbocycles. The third-order valence-corrected chi connectivity index (χ3v) is 4.41. The summed E-state index contributed by atoms with van der Waals surface area (Å²) in [7, 11) is 0. The Morgan fingerprint density at radius 3 is 2.68 bits per heavy atom. The van der Waals surface area contributed by atoms with Gasteiger partial charge in [0.2, 0.25) is 5.91 Å². The minimum atomic E-state index is -0.302. The number of para-hydroxylation sites is 1. The zero-order chi connectivity index (χ0) is 15.9. The molecule has 0 fully saturated rings. The molecule has 0 spiro atoms.